The highest BCUT2D eigenvalue weighted by molar-refractivity contribution is 5.78. The molecule has 1 aromatic rings. The summed E-state index contributed by atoms with van der Waals surface area (Å²) in [4.78, 5) is 12.7. The maximum absolute atomic E-state index is 12.7. The molecule has 2 saturated heterocycles. The van der Waals surface area contributed by atoms with Crippen molar-refractivity contribution in [3.05, 3.63) is 35.9 Å². The van der Waals surface area contributed by atoms with Crippen molar-refractivity contribution in [3.8, 4) is 0 Å². The molecule has 0 saturated carbocycles. The number of hydrogen-bond donors (Lipinski definition) is 1. The van der Waals surface area contributed by atoms with Gasteiger partial charge in [0, 0.05) is 25.7 Å². The van der Waals surface area contributed by atoms with E-state index in [9.17, 15) is 9.90 Å². The molecule has 2 bridgehead atoms. The van der Waals surface area contributed by atoms with E-state index in [-0.39, 0.29) is 35.7 Å². The molecule has 4 nitrogen and oxygen atoms in total. The van der Waals surface area contributed by atoms with Gasteiger partial charge in [-0.15, -0.1) is 0 Å². The molecule has 5 atom stereocenters. The number of piperidine rings is 1. The van der Waals surface area contributed by atoms with Gasteiger partial charge in [-0.2, -0.15) is 0 Å². The van der Waals surface area contributed by atoms with Crippen LogP contribution in [0.2, 0.25) is 0 Å². The largest absolute Gasteiger partial charge is 1.00 e. The first-order valence-corrected chi connectivity index (χ1v) is 11.8. The molecule has 5 heteroatoms. The number of carbonyl (C=O) groups excluding carboxylic acids is 1. The van der Waals surface area contributed by atoms with E-state index in [0.717, 1.165) is 18.4 Å². The summed E-state index contributed by atoms with van der Waals surface area (Å²) in [5.41, 5.74) is 0.836. The van der Waals surface area contributed by atoms with E-state index >= 15 is 0 Å². The van der Waals surface area contributed by atoms with Gasteiger partial charge in [-0.3, -0.25) is 4.79 Å². The maximum Gasteiger partial charge on any atom is 0.316 e. The molecule has 3 rings (SSSR count). The zero-order chi connectivity index (χ0) is 20.7. The number of aliphatic hydroxyl groups is 1. The van der Waals surface area contributed by atoms with Crippen molar-refractivity contribution >= 4 is 5.97 Å². The topological polar surface area (TPSA) is 46.5 Å². The van der Waals surface area contributed by atoms with Gasteiger partial charge in [-0.1, -0.05) is 62.9 Å². The molecule has 0 aliphatic carbocycles. The molecule has 2 aliphatic rings. The van der Waals surface area contributed by atoms with Gasteiger partial charge >= 0.3 is 5.97 Å². The van der Waals surface area contributed by atoms with Crippen LogP contribution in [-0.4, -0.2) is 53.9 Å². The molecule has 1 N–H and O–H groups in total. The predicted octanol–water partition coefficient (Wildman–Crippen LogP) is 1.81. The van der Waals surface area contributed by atoms with E-state index in [1.807, 2.05) is 30.3 Å². The molecule has 2 heterocycles. The Labute approximate surface area is 193 Å². The lowest BCUT2D eigenvalue weighted by molar-refractivity contribution is -0.949. The van der Waals surface area contributed by atoms with Gasteiger partial charge in [0.2, 0.25) is 0 Å². The first kappa shape index (κ1) is 25.4. The molecular weight excluding hydrogens is 442 g/mol. The van der Waals surface area contributed by atoms with Gasteiger partial charge in [-0.25, -0.2) is 0 Å². The van der Waals surface area contributed by atoms with E-state index < -0.39 is 5.92 Å². The molecule has 2 fully saturated rings. The molecule has 0 aromatic heterocycles. The normalized spacial score (nSPS) is 28.6. The van der Waals surface area contributed by atoms with Gasteiger partial charge in [0.25, 0.3) is 0 Å². The van der Waals surface area contributed by atoms with Crippen molar-refractivity contribution < 1.29 is 36.1 Å². The monoisotopic (exact) mass is 481 g/mol. The minimum atomic E-state index is -0.570. The summed E-state index contributed by atoms with van der Waals surface area (Å²) < 4.78 is 7.12. The van der Waals surface area contributed by atoms with Crippen LogP contribution < -0.4 is 17.0 Å². The third kappa shape index (κ3) is 6.08. The van der Waals surface area contributed by atoms with Gasteiger partial charge in [0.1, 0.15) is 12.0 Å². The fourth-order valence-electron chi connectivity index (χ4n) is 5.64. The molecule has 0 amide bonds. The SMILES string of the molecule is CCCCCCCC[N+]1(C)[C@@H]2CC[C@H]1CC(OC(=O)C(CO)c1ccccc1)C2.[Br-]. The minimum absolute atomic E-state index is 0. The Morgan fingerprint density at radius 3 is 2.27 bits per heavy atom. The predicted molar refractivity (Wildman–Crippen MR) is 117 cm³/mol. The standard InChI is InChI=1S/C25H40NO3.BrH/c1-3-4-5-6-7-11-16-26(2)21-14-15-22(26)18-23(17-21)29-25(28)24(19-27)20-12-9-8-10-13-20;/h8-10,12-13,21-24,27H,3-7,11,14-19H2,1-2H3;1H/q+1;/p-1/t21-,22+,23?,24?,26?;. The number of rotatable bonds is 11. The van der Waals surface area contributed by atoms with E-state index in [4.69, 9.17) is 4.74 Å². The zero-order valence-corrected chi connectivity index (χ0v) is 20.4. The average molecular weight is 483 g/mol. The Morgan fingerprint density at radius 1 is 1.07 bits per heavy atom. The Morgan fingerprint density at radius 2 is 1.67 bits per heavy atom. The maximum atomic E-state index is 12.7. The van der Waals surface area contributed by atoms with Gasteiger partial charge in [-0.05, 0) is 18.4 Å². The Hall–Kier alpha value is -0.910. The third-order valence-electron chi connectivity index (χ3n) is 7.52. The number of carbonyl (C=O) groups is 1. The summed E-state index contributed by atoms with van der Waals surface area (Å²) in [6.07, 6.45) is 12.5. The number of benzene rings is 1. The van der Waals surface area contributed by atoms with Gasteiger partial charge in [0.15, 0.2) is 0 Å². The fraction of sp³-hybridized carbons (Fsp3) is 0.720. The van der Waals surface area contributed by atoms with E-state index in [1.165, 1.54) is 62.4 Å². The number of quaternary nitrogens is 1. The minimum Gasteiger partial charge on any atom is -1.00 e. The van der Waals surface area contributed by atoms with Crippen molar-refractivity contribution in [2.24, 2.45) is 0 Å². The average Bonchev–Trinajstić information content (AvgIpc) is 2.89. The van der Waals surface area contributed by atoms with Crippen LogP contribution in [0.25, 0.3) is 0 Å². The van der Waals surface area contributed by atoms with Crippen molar-refractivity contribution in [1.82, 2.24) is 0 Å². The smallest absolute Gasteiger partial charge is 0.316 e. The van der Waals surface area contributed by atoms with Crippen LogP contribution in [0.5, 0.6) is 0 Å². The van der Waals surface area contributed by atoms with Crippen LogP contribution >= 0.6 is 0 Å². The Bertz CT molecular complexity index is 625. The van der Waals surface area contributed by atoms with E-state index in [2.05, 4.69) is 14.0 Å². The summed E-state index contributed by atoms with van der Waals surface area (Å²) in [7, 11) is 2.44. The van der Waals surface area contributed by atoms with Crippen LogP contribution in [-0.2, 0) is 9.53 Å². The number of hydrogen-bond acceptors (Lipinski definition) is 3. The van der Waals surface area contributed by atoms with Crippen molar-refractivity contribution in [1.29, 1.82) is 0 Å². The molecule has 0 spiro atoms. The third-order valence-corrected chi connectivity index (χ3v) is 7.52. The highest BCUT2D eigenvalue weighted by Crippen LogP contribution is 2.42. The van der Waals surface area contributed by atoms with E-state index in [0.29, 0.717) is 12.1 Å². The number of aliphatic hydroxyl groups excluding tert-OH is 1. The van der Waals surface area contributed by atoms with Crippen LogP contribution in [0, 0.1) is 0 Å². The fourth-order valence-corrected chi connectivity index (χ4v) is 5.64. The van der Waals surface area contributed by atoms with Gasteiger partial charge < -0.3 is 31.3 Å². The highest BCUT2D eigenvalue weighted by atomic mass is 79.9. The lowest BCUT2D eigenvalue weighted by Crippen LogP contribution is -3.00. The molecular formula is C25H40BrNO3. The number of fused-ring (bicyclic) bond motifs is 2. The number of esters is 1. The second-order valence-electron chi connectivity index (χ2n) is 9.40. The van der Waals surface area contributed by atoms with Crippen LogP contribution in [0.1, 0.15) is 82.6 Å². The molecule has 30 heavy (non-hydrogen) atoms. The molecule has 0 radical (unpaired) electrons. The number of unbranched alkanes of at least 4 members (excludes halogenated alkanes) is 5. The van der Waals surface area contributed by atoms with Crippen molar-refractivity contribution in [3.63, 3.8) is 0 Å². The summed E-state index contributed by atoms with van der Waals surface area (Å²) in [6.45, 7) is 3.34. The van der Waals surface area contributed by atoms with Crippen LogP contribution in [0.15, 0.2) is 30.3 Å². The second-order valence-corrected chi connectivity index (χ2v) is 9.40. The second kappa shape index (κ2) is 12.2. The summed E-state index contributed by atoms with van der Waals surface area (Å²) in [5.74, 6) is -0.838. The highest BCUT2D eigenvalue weighted by Gasteiger charge is 2.52. The molecule has 1 aromatic carbocycles. The summed E-state index contributed by atoms with van der Waals surface area (Å²) >= 11 is 0. The Kier molecular flexibility index (Phi) is 10.3. The van der Waals surface area contributed by atoms with E-state index in [1.54, 1.807) is 0 Å². The zero-order valence-electron chi connectivity index (χ0n) is 18.8. The quantitative estimate of drug-likeness (QED) is 0.297. The number of halogens is 1. The van der Waals surface area contributed by atoms with Crippen LogP contribution in [0.3, 0.4) is 0 Å². The van der Waals surface area contributed by atoms with Crippen molar-refractivity contribution in [2.45, 2.75) is 95.2 Å². The summed E-state index contributed by atoms with van der Waals surface area (Å²) in [5, 5.41) is 9.75. The number of ether oxygens (including phenoxy) is 1. The van der Waals surface area contributed by atoms with Gasteiger partial charge in [0.05, 0.1) is 32.3 Å². The molecule has 2 aliphatic heterocycles. The molecule has 170 valence electrons. The Balaban J connectivity index is 0.00000320. The number of nitrogens with zero attached hydrogens (tertiary/aromatic N) is 1. The first-order valence-electron chi connectivity index (χ1n) is 11.8. The molecule has 3 unspecified atom stereocenters. The van der Waals surface area contributed by atoms with Crippen molar-refractivity contribution in [2.75, 3.05) is 20.2 Å². The van der Waals surface area contributed by atoms with Crippen LogP contribution in [0.4, 0.5) is 0 Å². The lowest BCUT2D eigenvalue weighted by atomic mass is 9.95. The first-order chi connectivity index (χ1) is 14.1. The lowest BCUT2D eigenvalue weighted by Gasteiger charge is -2.47. The summed E-state index contributed by atoms with van der Waals surface area (Å²) in [6, 6.07) is 10.7.